The molecule has 9 nitrogen and oxygen atoms in total. The molecule has 5 heterocycles. The van der Waals surface area contributed by atoms with Gasteiger partial charge in [-0.05, 0) is 82.7 Å². The van der Waals surface area contributed by atoms with Crippen molar-refractivity contribution in [3.63, 3.8) is 0 Å². The number of carbonyl (C=O) groups is 1. The second-order valence-electron chi connectivity index (χ2n) is 12.7. The Morgan fingerprint density at radius 3 is 2.64 bits per heavy atom. The molecule has 6 rings (SSSR count). The van der Waals surface area contributed by atoms with Crippen molar-refractivity contribution in [1.29, 1.82) is 0 Å². The first kappa shape index (κ1) is 28.8. The van der Waals surface area contributed by atoms with Crippen molar-refractivity contribution >= 4 is 22.7 Å². The van der Waals surface area contributed by atoms with Gasteiger partial charge < -0.3 is 19.7 Å². The summed E-state index contributed by atoms with van der Waals surface area (Å²) in [5.74, 6) is 0. The fourth-order valence-electron chi connectivity index (χ4n) is 6.38. The molecule has 11 heteroatoms. The molecule has 3 aliphatic heterocycles. The fourth-order valence-corrected chi connectivity index (χ4v) is 6.38. The molecule has 2 saturated heterocycles. The Bertz CT molecular complexity index is 1410. The Balaban J connectivity index is 1.23. The van der Waals surface area contributed by atoms with E-state index in [2.05, 4.69) is 11.4 Å². The second kappa shape index (κ2) is 11.4. The minimum absolute atomic E-state index is 0.0740. The number of fused-ring (bicyclic) bond motifs is 3. The summed E-state index contributed by atoms with van der Waals surface area (Å²) in [5, 5.41) is 9.17. The molecular weight excluding hydrogens is 542 g/mol. The fraction of sp³-hybridized carbons (Fsp3) is 0.581. The molecule has 0 saturated carbocycles. The lowest BCUT2D eigenvalue weighted by molar-refractivity contribution is -0.0366. The number of anilines is 1. The van der Waals surface area contributed by atoms with Crippen molar-refractivity contribution in [2.45, 2.75) is 89.8 Å². The lowest BCUT2D eigenvalue weighted by atomic mass is 9.85. The summed E-state index contributed by atoms with van der Waals surface area (Å²) >= 11 is 0. The van der Waals surface area contributed by atoms with Crippen LogP contribution in [0.25, 0.3) is 10.9 Å². The van der Waals surface area contributed by atoms with Gasteiger partial charge in [0.05, 0.1) is 47.9 Å². The maximum Gasteiger partial charge on any atom is 0.410 e. The number of carbonyl (C=O) groups excluding carboxylic acids is 1. The van der Waals surface area contributed by atoms with Crippen LogP contribution in [-0.2, 0) is 15.9 Å². The van der Waals surface area contributed by atoms with E-state index in [0.717, 1.165) is 59.3 Å². The Kier molecular flexibility index (Phi) is 7.82. The largest absolute Gasteiger partial charge is 0.444 e. The van der Waals surface area contributed by atoms with Crippen LogP contribution in [0.5, 0.6) is 0 Å². The number of ether oxygens (including phenoxy) is 2. The lowest BCUT2D eigenvalue weighted by Gasteiger charge is -2.42. The van der Waals surface area contributed by atoms with E-state index in [1.807, 2.05) is 61.7 Å². The summed E-state index contributed by atoms with van der Waals surface area (Å²) in [5.41, 5.74) is 4.16. The van der Waals surface area contributed by atoms with Gasteiger partial charge in [-0.25, -0.2) is 18.3 Å². The van der Waals surface area contributed by atoms with Gasteiger partial charge in [-0.15, -0.1) is 0 Å². The number of halogens is 2. The Morgan fingerprint density at radius 2 is 1.98 bits per heavy atom. The van der Waals surface area contributed by atoms with Gasteiger partial charge in [0.15, 0.2) is 6.23 Å². The van der Waals surface area contributed by atoms with Crippen LogP contribution in [0.2, 0.25) is 0 Å². The summed E-state index contributed by atoms with van der Waals surface area (Å²) in [7, 11) is 0. The average molecular weight is 583 g/mol. The van der Waals surface area contributed by atoms with Crippen LogP contribution in [0.1, 0.15) is 76.0 Å². The molecule has 0 aliphatic carbocycles. The lowest BCUT2D eigenvalue weighted by Crippen LogP contribution is -2.57. The molecule has 0 radical (unpaired) electrons. The number of nitrogens with one attached hydrogen (secondary N) is 1. The molecule has 226 valence electrons. The highest BCUT2D eigenvalue weighted by Crippen LogP contribution is 2.41. The van der Waals surface area contributed by atoms with Gasteiger partial charge in [0.25, 0.3) is 6.43 Å². The van der Waals surface area contributed by atoms with Crippen molar-refractivity contribution in [2.24, 2.45) is 0 Å². The van der Waals surface area contributed by atoms with E-state index >= 15 is 0 Å². The second-order valence-corrected chi connectivity index (χ2v) is 12.7. The zero-order valence-electron chi connectivity index (χ0n) is 24.7. The van der Waals surface area contributed by atoms with Crippen molar-refractivity contribution in [3.8, 4) is 0 Å². The minimum Gasteiger partial charge on any atom is -0.444 e. The maximum atomic E-state index is 13.8. The predicted molar refractivity (Wildman–Crippen MR) is 156 cm³/mol. The first-order valence-electron chi connectivity index (χ1n) is 14.9. The standard InChI is InChI=1S/C31H40F2N6O3/c1-19-13-23-22(9-11-26-24(23)15-35-39(26)28-7-5-6-12-41-28)29(38(19)18-27(32)33)25-10-8-20(14-34-25)36-21-16-37(17-21)30(40)42-31(2,3)4/h8-11,14-15,19,21,27-29,36H,5-7,12-13,16-18H2,1-4H3/t19-,28?,29?/m1/s1. The number of hydrogen-bond acceptors (Lipinski definition) is 7. The number of aromatic nitrogens is 3. The normalized spacial score (nSPS) is 23.6. The highest BCUT2D eigenvalue weighted by molar-refractivity contribution is 5.84. The van der Waals surface area contributed by atoms with E-state index in [1.165, 1.54) is 0 Å². The molecule has 1 aromatic carbocycles. The molecule has 2 fully saturated rings. The van der Waals surface area contributed by atoms with Crippen molar-refractivity contribution in [3.05, 3.63) is 53.5 Å². The van der Waals surface area contributed by atoms with Crippen LogP contribution >= 0.6 is 0 Å². The third kappa shape index (κ3) is 5.81. The average Bonchev–Trinajstić information content (AvgIpc) is 3.35. The van der Waals surface area contributed by atoms with E-state index in [4.69, 9.17) is 19.6 Å². The van der Waals surface area contributed by atoms with Crippen LogP contribution in [-0.4, -0.2) is 81.0 Å². The van der Waals surface area contributed by atoms with E-state index in [9.17, 15) is 13.6 Å². The van der Waals surface area contributed by atoms with Gasteiger partial charge >= 0.3 is 6.09 Å². The van der Waals surface area contributed by atoms with Gasteiger partial charge in [-0.1, -0.05) is 6.07 Å². The molecule has 0 bridgehead atoms. The summed E-state index contributed by atoms with van der Waals surface area (Å²) in [6.45, 7) is 9.05. The Morgan fingerprint density at radius 1 is 1.17 bits per heavy atom. The van der Waals surface area contributed by atoms with E-state index in [-0.39, 0.29) is 30.9 Å². The van der Waals surface area contributed by atoms with Crippen molar-refractivity contribution in [1.82, 2.24) is 24.6 Å². The molecule has 2 aromatic heterocycles. The smallest absolute Gasteiger partial charge is 0.410 e. The molecule has 0 spiro atoms. The number of alkyl halides is 2. The maximum absolute atomic E-state index is 13.8. The van der Waals surface area contributed by atoms with Crippen molar-refractivity contribution < 1.29 is 23.0 Å². The molecule has 2 unspecified atom stereocenters. The molecule has 42 heavy (non-hydrogen) atoms. The molecule has 1 amide bonds. The summed E-state index contributed by atoms with van der Waals surface area (Å²) in [6, 6.07) is 7.54. The van der Waals surface area contributed by atoms with E-state index in [0.29, 0.717) is 19.5 Å². The Hall–Kier alpha value is -3.31. The van der Waals surface area contributed by atoms with E-state index < -0.39 is 18.1 Å². The number of hydrogen-bond donors (Lipinski definition) is 1. The number of pyridine rings is 1. The monoisotopic (exact) mass is 582 g/mol. The van der Waals surface area contributed by atoms with Gasteiger partial charge in [0.2, 0.25) is 0 Å². The number of rotatable bonds is 6. The number of nitrogens with zero attached hydrogens (tertiary/aromatic N) is 5. The molecule has 1 N–H and O–H groups in total. The summed E-state index contributed by atoms with van der Waals surface area (Å²) in [6.07, 6.45) is 4.56. The molecule has 3 aliphatic rings. The highest BCUT2D eigenvalue weighted by Gasteiger charge is 2.37. The van der Waals surface area contributed by atoms with Gasteiger partial charge in [-0.3, -0.25) is 9.88 Å². The first-order valence-corrected chi connectivity index (χ1v) is 14.9. The summed E-state index contributed by atoms with van der Waals surface area (Å²) < 4.78 is 41.0. The van der Waals surface area contributed by atoms with Crippen LogP contribution in [0.15, 0.2) is 36.7 Å². The van der Waals surface area contributed by atoms with Gasteiger partial charge in [-0.2, -0.15) is 5.10 Å². The minimum atomic E-state index is -2.46. The first-order chi connectivity index (χ1) is 20.1. The molecular formula is C31H40F2N6O3. The highest BCUT2D eigenvalue weighted by atomic mass is 19.3. The topological polar surface area (TPSA) is 84.8 Å². The van der Waals surface area contributed by atoms with Crippen LogP contribution in [0.3, 0.4) is 0 Å². The molecule has 3 aromatic rings. The Labute approximate surface area is 245 Å². The van der Waals surface area contributed by atoms with Crippen molar-refractivity contribution in [2.75, 3.05) is 31.6 Å². The van der Waals surface area contributed by atoms with E-state index in [1.54, 1.807) is 11.1 Å². The van der Waals surface area contributed by atoms with Gasteiger partial charge in [0, 0.05) is 31.1 Å². The van der Waals surface area contributed by atoms with Crippen LogP contribution in [0.4, 0.5) is 19.3 Å². The molecule has 3 atom stereocenters. The number of benzene rings is 1. The zero-order valence-corrected chi connectivity index (χ0v) is 24.7. The predicted octanol–water partition coefficient (Wildman–Crippen LogP) is 5.76. The van der Waals surface area contributed by atoms with Crippen LogP contribution in [0, 0.1) is 0 Å². The zero-order chi connectivity index (χ0) is 29.6. The number of likely N-dealkylation sites (tertiary alicyclic amines) is 1. The van der Waals surface area contributed by atoms with Gasteiger partial charge in [0.1, 0.15) is 5.60 Å². The third-order valence-corrected chi connectivity index (χ3v) is 8.37. The van der Waals surface area contributed by atoms with Crippen LogP contribution < -0.4 is 5.32 Å². The third-order valence-electron chi connectivity index (χ3n) is 8.37. The summed E-state index contributed by atoms with van der Waals surface area (Å²) in [4.78, 5) is 20.6. The SMILES string of the molecule is C[C@@H]1Cc2c(ccc3c2cnn3C2CCCCO2)C(c2ccc(NC3CN(C(=O)OC(C)(C)C)C3)cn2)N1CC(F)F. The quantitative estimate of drug-likeness (QED) is 0.396. The number of amides is 1.